The van der Waals surface area contributed by atoms with E-state index >= 15 is 0 Å². The zero-order chi connectivity index (χ0) is 15.9. The summed E-state index contributed by atoms with van der Waals surface area (Å²) < 4.78 is 50.6. The second-order valence-electron chi connectivity index (χ2n) is 4.82. The Kier molecular flexibility index (Phi) is 3.24. The predicted molar refractivity (Wildman–Crippen MR) is 74.3 cm³/mol. The van der Waals surface area contributed by atoms with Crippen LogP contribution in [0.1, 0.15) is 16.7 Å². The van der Waals surface area contributed by atoms with E-state index in [1.54, 1.807) is 0 Å². The number of carbonyl (C=O) groups excluding carboxylic acids is 1. The maximum atomic E-state index is 13.1. The van der Waals surface area contributed by atoms with Gasteiger partial charge in [0.15, 0.2) is 0 Å². The molecule has 1 aliphatic heterocycles. The Morgan fingerprint density at radius 3 is 2.32 bits per heavy atom. The third kappa shape index (κ3) is 2.59. The molecule has 1 heterocycles. The van der Waals surface area contributed by atoms with E-state index in [1.165, 1.54) is 36.4 Å². The van der Waals surface area contributed by atoms with E-state index in [1.807, 2.05) is 0 Å². The molecule has 0 unspecified atom stereocenters. The van der Waals surface area contributed by atoms with Gasteiger partial charge in [-0.3, -0.25) is 4.79 Å². The van der Waals surface area contributed by atoms with Crippen LogP contribution in [0, 0.1) is 5.82 Å². The van der Waals surface area contributed by atoms with Gasteiger partial charge in [-0.05, 0) is 42.0 Å². The summed E-state index contributed by atoms with van der Waals surface area (Å²) in [5.41, 5.74) is 0.854. The van der Waals surface area contributed by atoms with E-state index < -0.39 is 23.5 Å². The summed E-state index contributed by atoms with van der Waals surface area (Å²) in [6.07, 6.45) is -2.93. The van der Waals surface area contributed by atoms with Crippen molar-refractivity contribution in [1.29, 1.82) is 0 Å². The van der Waals surface area contributed by atoms with Crippen LogP contribution in [0.3, 0.4) is 0 Å². The second-order valence-corrected chi connectivity index (χ2v) is 4.82. The average molecular weight is 307 g/mol. The van der Waals surface area contributed by atoms with E-state index in [4.69, 9.17) is 0 Å². The van der Waals surface area contributed by atoms with Gasteiger partial charge in [0.1, 0.15) is 5.82 Å². The minimum Gasteiger partial charge on any atom is -0.321 e. The van der Waals surface area contributed by atoms with Crippen LogP contribution in [0.15, 0.2) is 42.5 Å². The van der Waals surface area contributed by atoms with Crippen LogP contribution in [-0.2, 0) is 11.0 Å². The first-order chi connectivity index (χ1) is 10.3. The van der Waals surface area contributed by atoms with E-state index in [2.05, 4.69) is 5.32 Å². The highest BCUT2D eigenvalue weighted by atomic mass is 19.4. The monoisotopic (exact) mass is 307 g/mol. The van der Waals surface area contributed by atoms with Gasteiger partial charge in [0.2, 0.25) is 0 Å². The highest BCUT2D eigenvalue weighted by molar-refractivity contribution is 6.34. The van der Waals surface area contributed by atoms with Gasteiger partial charge in [0.25, 0.3) is 5.91 Å². The van der Waals surface area contributed by atoms with Crippen LogP contribution in [0.5, 0.6) is 0 Å². The number of hydrogen-bond acceptors (Lipinski definition) is 1. The van der Waals surface area contributed by atoms with Crippen molar-refractivity contribution >= 4 is 23.2 Å². The summed E-state index contributed by atoms with van der Waals surface area (Å²) >= 11 is 0. The third-order valence-electron chi connectivity index (χ3n) is 3.31. The molecule has 1 N–H and O–H groups in total. The molecule has 3 rings (SSSR count). The van der Waals surface area contributed by atoms with Crippen molar-refractivity contribution in [3.05, 3.63) is 65.0 Å². The number of fused-ring (bicyclic) bond motifs is 1. The van der Waals surface area contributed by atoms with Gasteiger partial charge in [0, 0.05) is 11.1 Å². The fourth-order valence-corrected chi connectivity index (χ4v) is 2.25. The lowest BCUT2D eigenvalue weighted by Gasteiger charge is -2.06. The normalized spacial score (nSPS) is 15.8. The lowest BCUT2D eigenvalue weighted by atomic mass is 10.0. The smallest absolute Gasteiger partial charge is 0.321 e. The van der Waals surface area contributed by atoms with Gasteiger partial charge in [-0.15, -0.1) is 0 Å². The third-order valence-corrected chi connectivity index (χ3v) is 3.31. The molecule has 0 aromatic heterocycles. The maximum absolute atomic E-state index is 13.1. The number of benzene rings is 2. The van der Waals surface area contributed by atoms with Crippen LogP contribution in [0.25, 0.3) is 11.6 Å². The van der Waals surface area contributed by atoms with E-state index in [9.17, 15) is 22.4 Å². The molecule has 22 heavy (non-hydrogen) atoms. The molecular weight excluding hydrogens is 298 g/mol. The molecule has 0 bridgehead atoms. The van der Waals surface area contributed by atoms with Crippen LogP contribution >= 0.6 is 0 Å². The summed E-state index contributed by atoms with van der Waals surface area (Å²) in [7, 11) is 0. The van der Waals surface area contributed by atoms with Crippen molar-refractivity contribution in [2.24, 2.45) is 0 Å². The molecule has 2 nitrogen and oxygen atoms in total. The van der Waals surface area contributed by atoms with Crippen LogP contribution in [-0.4, -0.2) is 5.91 Å². The molecule has 0 fully saturated rings. The molecule has 1 aliphatic rings. The highest BCUT2D eigenvalue weighted by Crippen LogP contribution is 2.34. The number of amides is 1. The van der Waals surface area contributed by atoms with Crippen LogP contribution in [0.2, 0.25) is 0 Å². The lowest BCUT2D eigenvalue weighted by Crippen LogP contribution is -2.04. The molecule has 1 amide bonds. The average Bonchev–Trinajstić information content (AvgIpc) is 2.74. The number of anilines is 1. The Morgan fingerprint density at radius 2 is 1.68 bits per heavy atom. The quantitative estimate of drug-likeness (QED) is 0.616. The van der Waals surface area contributed by atoms with Gasteiger partial charge in [0.05, 0.1) is 11.3 Å². The van der Waals surface area contributed by atoms with E-state index in [0.717, 1.165) is 12.1 Å². The minimum atomic E-state index is -4.40. The van der Waals surface area contributed by atoms with Crippen molar-refractivity contribution in [1.82, 2.24) is 0 Å². The Balaban J connectivity index is 1.98. The largest absolute Gasteiger partial charge is 0.416 e. The van der Waals surface area contributed by atoms with Crippen molar-refractivity contribution in [2.45, 2.75) is 6.18 Å². The molecular formula is C16H9F4NO. The Hall–Kier alpha value is -2.63. The van der Waals surface area contributed by atoms with Gasteiger partial charge in [-0.2, -0.15) is 13.2 Å². The standard InChI is InChI=1S/C16H9F4NO/c17-11-5-6-12-13(15(22)21-14(12)8-11)7-9-1-3-10(4-2-9)16(18,19)20/h1-8H,(H,21,22)/b13-7+. The molecule has 6 heteroatoms. The van der Waals surface area contributed by atoms with Crippen LogP contribution in [0.4, 0.5) is 23.2 Å². The maximum Gasteiger partial charge on any atom is 0.416 e. The zero-order valence-corrected chi connectivity index (χ0v) is 11.0. The molecule has 0 radical (unpaired) electrons. The van der Waals surface area contributed by atoms with E-state index in [0.29, 0.717) is 16.8 Å². The van der Waals surface area contributed by atoms with Crippen molar-refractivity contribution in [3.63, 3.8) is 0 Å². The Labute approximate surface area is 123 Å². The summed E-state index contributed by atoms with van der Waals surface area (Å²) in [5, 5.41) is 2.52. The molecule has 2 aromatic carbocycles. The summed E-state index contributed by atoms with van der Waals surface area (Å²) in [4.78, 5) is 11.9. The molecule has 0 aliphatic carbocycles. The molecule has 112 valence electrons. The highest BCUT2D eigenvalue weighted by Gasteiger charge is 2.30. The summed E-state index contributed by atoms with van der Waals surface area (Å²) in [5.74, 6) is -0.893. The fraction of sp³-hybridized carbons (Fsp3) is 0.0625. The first kappa shape index (κ1) is 14.3. The molecule has 0 saturated heterocycles. The topological polar surface area (TPSA) is 29.1 Å². The Morgan fingerprint density at radius 1 is 1.00 bits per heavy atom. The molecule has 0 saturated carbocycles. The SMILES string of the molecule is O=C1Nc2cc(F)ccc2/C1=C\c1ccc(C(F)(F)F)cc1. The van der Waals surface area contributed by atoms with Gasteiger partial charge >= 0.3 is 6.18 Å². The van der Waals surface area contributed by atoms with E-state index in [-0.39, 0.29) is 5.57 Å². The number of hydrogen-bond donors (Lipinski definition) is 1. The first-order valence-corrected chi connectivity index (χ1v) is 6.35. The zero-order valence-electron chi connectivity index (χ0n) is 11.0. The number of alkyl halides is 3. The number of halogens is 4. The lowest BCUT2D eigenvalue weighted by molar-refractivity contribution is -0.137. The minimum absolute atomic E-state index is 0.287. The Bertz CT molecular complexity index is 776. The van der Waals surface area contributed by atoms with Crippen molar-refractivity contribution in [2.75, 3.05) is 5.32 Å². The molecule has 0 atom stereocenters. The van der Waals surface area contributed by atoms with Gasteiger partial charge in [-0.1, -0.05) is 12.1 Å². The molecule has 2 aromatic rings. The second kappa shape index (κ2) is 4.98. The predicted octanol–water partition coefficient (Wildman–Crippen LogP) is 4.34. The first-order valence-electron chi connectivity index (χ1n) is 6.35. The fourth-order valence-electron chi connectivity index (χ4n) is 2.25. The van der Waals surface area contributed by atoms with Crippen LogP contribution < -0.4 is 5.32 Å². The number of carbonyl (C=O) groups is 1. The summed E-state index contributed by atoms with van der Waals surface area (Å²) in [6, 6.07) is 8.34. The molecule has 0 spiro atoms. The van der Waals surface area contributed by atoms with Crippen molar-refractivity contribution in [3.8, 4) is 0 Å². The van der Waals surface area contributed by atoms with Gasteiger partial charge < -0.3 is 5.32 Å². The number of rotatable bonds is 1. The number of nitrogens with one attached hydrogen (secondary N) is 1. The van der Waals surface area contributed by atoms with Crippen molar-refractivity contribution < 1.29 is 22.4 Å². The van der Waals surface area contributed by atoms with Gasteiger partial charge in [-0.25, -0.2) is 4.39 Å². The summed E-state index contributed by atoms with van der Waals surface area (Å²) in [6.45, 7) is 0.